The van der Waals surface area contributed by atoms with Crippen LogP contribution >= 0.6 is 11.6 Å². The first kappa shape index (κ1) is 19.0. The Morgan fingerprint density at radius 1 is 1.19 bits per heavy atom. The van der Waals surface area contributed by atoms with E-state index in [1.165, 1.54) is 24.3 Å². The second-order valence-corrected chi connectivity index (χ2v) is 6.24. The van der Waals surface area contributed by atoms with Gasteiger partial charge in [0.2, 0.25) is 0 Å². The van der Waals surface area contributed by atoms with Crippen molar-refractivity contribution in [2.24, 2.45) is 0 Å². The maximum Gasteiger partial charge on any atom is 0.434 e. The highest BCUT2D eigenvalue weighted by atomic mass is 35.5. The molecule has 4 nitrogen and oxygen atoms in total. The molecule has 0 bridgehead atoms. The Labute approximate surface area is 158 Å². The van der Waals surface area contributed by atoms with E-state index < -0.39 is 23.3 Å². The van der Waals surface area contributed by atoms with Gasteiger partial charge in [0.05, 0.1) is 17.4 Å². The van der Waals surface area contributed by atoms with Gasteiger partial charge < -0.3 is 5.32 Å². The van der Waals surface area contributed by atoms with Gasteiger partial charge in [-0.25, -0.2) is 4.68 Å². The van der Waals surface area contributed by atoms with Crippen LogP contribution in [0, 0.1) is 0 Å². The lowest BCUT2D eigenvalue weighted by Crippen LogP contribution is -2.20. The van der Waals surface area contributed by atoms with Crippen molar-refractivity contribution < 1.29 is 18.0 Å². The largest absolute Gasteiger partial charge is 0.434 e. The highest BCUT2D eigenvalue weighted by molar-refractivity contribution is 6.30. The number of carbonyl (C=O) groups is 1. The zero-order chi connectivity index (χ0) is 19.6. The Hall–Kier alpha value is -2.80. The summed E-state index contributed by atoms with van der Waals surface area (Å²) in [5.74, 6) is -0.879. The van der Waals surface area contributed by atoms with Crippen molar-refractivity contribution in [2.75, 3.05) is 5.32 Å². The number of nitrogens with one attached hydrogen (secondary N) is 1. The fraction of sp³-hybridized carbons (Fsp3) is 0.158. The molecule has 0 aliphatic rings. The van der Waals surface area contributed by atoms with E-state index in [1.807, 2.05) is 13.0 Å². The molecule has 1 N–H and O–H groups in total. The van der Waals surface area contributed by atoms with Crippen LogP contribution in [-0.4, -0.2) is 15.7 Å². The van der Waals surface area contributed by atoms with Gasteiger partial charge in [0.15, 0.2) is 5.69 Å². The summed E-state index contributed by atoms with van der Waals surface area (Å²) in [6.07, 6.45) is -3.11. The molecule has 3 rings (SSSR count). The second kappa shape index (κ2) is 7.44. The Bertz CT molecular complexity index is 965. The standard InChI is InChI=1S/C19H15ClF3N3O/c1-2-12-4-3-5-14(10-12)25-18(27)16-11-24-26(17(16)19(21,22)23)15-8-6-13(20)7-9-15/h3-11H,2H2,1H3,(H,25,27). The molecule has 0 aliphatic carbocycles. The van der Waals surface area contributed by atoms with Gasteiger partial charge in [0, 0.05) is 10.7 Å². The third-order valence-corrected chi connectivity index (χ3v) is 4.20. The number of nitrogens with zero attached hydrogens (tertiary/aromatic N) is 2. The van der Waals surface area contributed by atoms with Crippen molar-refractivity contribution >= 4 is 23.2 Å². The monoisotopic (exact) mass is 393 g/mol. The quantitative estimate of drug-likeness (QED) is 0.648. The molecule has 0 saturated carbocycles. The lowest BCUT2D eigenvalue weighted by Gasteiger charge is -2.13. The lowest BCUT2D eigenvalue weighted by molar-refractivity contribution is -0.143. The van der Waals surface area contributed by atoms with Gasteiger partial charge in [-0.15, -0.1) is 0 Å². The number of benzene rings is 2. The summed E-state index contributed by atoms with van der Waals surface area (Å²) in [5.41, 5.74) is -0.167. The summed E-state index contributed by atoms with van der Waals surface area (Å²) >= 11 is 5.78. The molecule has 0 radical (unpaired) electrons. The third kappa shape index (κ3) is 4.14. The van der Waals surface area contributed by atoms with Crippen LogP contribution in [0.15, 0.2) is 54.7 Å². The maximum atomic E-state index is 13.7. The highest BCUT2D eigenvalue weighted by Gasteiger charge is 2.40. The summed E-state index contributed by atoms with van der Waals surface area (Å²) in [7, 11) is 0. The smallest absolute Gasteiger partial charge is 0.322 e. The van der Waals surface area contributed by atoms with E-state index in [4.69, 9.17) is 11.6 Å². The highest BCUT2D eigenvalue weighted by Crippen LogP contribution is 2.34. The number of aromatic nitrogens is 2. The van der Waals surface area contributed by atoms with Gasteiger partial charge in [-0.3, -0.25) is 4.79 Å². The van der Waals surface area contributed by atoms with E-state index in [-0.39, 0.29) is 5.69 Å². The Morgan fingerprint density at radius 2 is 1.89 bits per heavy atom. The van der Waals surface area contributed by atoms with Crippen LogP contribution in [0.5, 0.6) is 0 Å². The van der Waals surface area contributed by atoms with Crippen molar-refractivity contribution in [1.82, 2.24) is 9.78 Å². The lowest BCUT2D eigenvalue weighted by atomic mass is 10.1. The van der Waals surface area contributed by atoms with E-state index in [0.717, 1.165) is 18.2 Å². The zero-order valence-corrected chi connectivity index (χ0v) is 15.0. The minimum atomic E-state index is -4.77. The Morgan fingerprint density at radius 3 is 2.52 bits per heavy atom. The van der Waals surface area contributed by atoms with Crippen LogP contribution in [0.1, 0.15) is 28.5 Å². The van der Waals surface area contributed by atoms with Crippen molar-refractivity contribution in [3.8, 4) is 5.69 Å². The predicted octanol–water partition coefficient (Wildman–Crippen LogP) is 5.36. The van der Waals surface area contributed by atoms with Gasteiger partial charge in [0.1, 0.15) is 0 Å². The molecule has 3 aromatic rings. The van der Waals surface area contributed by atoms with E-state index >= 15 is 0 Å². The van der Waals surface area contributed by atoms with Crippen molar-refractivity contribution in [2.45, 2.75) is 19.5 Å². The number of hydrogen-bond donors (Lipinski definition) is 1. The molecule has 27 heavy (non-hydrogen) atoms. The number of halogens is 4. The molecular weight excluding hydrogens is 379 g/mol. The van der Waals surface area contributed by atoms with Crippen LogP contribution in [0.2, 0.25) is 5.02 Å². The summed E-state index contributed by atoms with van der Waals surface area (Å²) in [6, 6.07) is 12.6. The molecule has 0 atom stereocenters. The first-order valence-corrected chi connectivity index (χ1v) is 8.49. The van der Waals surface area contributed by atoms with E-state index in [0.29, 0.717) is 15.4 Å². The number of anilines is 1. The number of carbonyl (C=O) groups excluding carboxylic acids is 1. The molecule has 0 saturated heterocycles. The van der Waals surface area contributed by atoms with E-state index in [2.05, 4.69) is 10.4 Å². The van der Waals surface area contributed by atoms with Crippen LogP contribution in [0.3, 0.4) is 0 Å². The molecule has 2 aromatic carbocycles. The van der Waals surface area contributed by atoms with Crippen molar-refractivity contribution in [3.63, 3.8) is 0 Å². The molecular formula is C19H15ClF3N3O. The van der Waals surface area contributed by atoms with E-state index in [1.54, 1.807) is 18.2 Å². The molecule has 8 heteroatoms. The molecule has 0 unspecified atom stereocenters. The van der Waals surface area contributed by atoms with Crippen LogP contribution in [-0.2, 0) is 12.6 Å². The first-order chi connectivity index (χ1) is 12.8. The molecule has 1 heterocycles. The minimum Gasteiger partial charge on any atom is -0.322 e. The van der Waals surface area contributed by atoms with Crippen LogP contribution in [0.25, 0.3) is 5.69 Å². The second-order valence-electron chi connectivity index (χ2n) is 5.80. The van der Waals surface area contributed by atoms with Crippen molar-refractivity contribution in [1.29, 1.82) is 0 Å². The molecule has 1 aromatic heterocycles. The zero-order valence-electron chi connectivity index (χ0n) is 14.2. The fourth-order valence-corrected chi connectivity index (χ4v) is 2.76. The number of aryl methyl sites for hydroxylation is 1. The maximum absolute atomic E-state index is 13.7. The van der Waals surface area contributed by atoms with Gasteiger partial charge >= 0.3 is 6.18 Å². The first-order valence-electron chi connectivity index (χ1n) is 8.11. The SMILES string of the molecule is CCc1cccc(NC(=O)c2cnn(-c3ccc(Cl)cc3)c2C(F)(F)F)c1. The molecule has 140 valence electrons. The van der Waals surface area contributed by atoms with Crippen LogP contribution in [0.4, 0.5) is 18.9 Å². The van der Waals surface area contributed by atoms with Gasteiger partial charge in [-0.1, -0.05) is 30.7 Å². The summed E-state index contributed by atoms with van der Waals surface area (Å²) in [4.78, 5) is 12.5. The number of amides is 1. The summed E-state index contributed by atoms with van der Waals surface area (Å²) in [5, 5.41) is 6.66. The van der Waals surface area contributed by atoms with Crippen LogP contribution < -0.4 is 5.32 Å². The fourth-order valence-electron chi connectivity index (χ4n) is 2.63. The average Bonchev–Trinajstić information content (AvgIpc) is 3.08. The van der Waals surface area contributed by atoms with E-state index in [9.17, 15) is 18.0 Å². The number of hydrogen-bond acceptors (Lipinski definition) is 2. The average molecular weight is 394 g/mol. The third-order valence-electron chi connectivity index (χ3n) is 3.95. The minimum absolute atomic E-state index is 0.152. The van der Waals surface area contributed by atoms with Gasteiger partial charge in [-0.05, 0) is 48.4 Å². The Balaban J connectivity index is 1.99. The molecule has 0 aliphatic heterocycles. The molecule has 0 fully saturated rings. The number of rotatable bonds is 4. The molecule has 1 amide bonds. The predicted molar refractivity (Wildman–Crippen MR) is 97.3 cm³/mol. The van der Waals surface area contributed by atoms with Crippen molar-refractivity contribution in [3.05, 3.63) is 76.6 Å². The normalized spacial score (nSPS) is 11.4. The van der Waals surface area contributed by atoms with Gasteiger partial charge in [-0.2, -0.15) is 18.3 Å². The summed E-state index contributed by atoms with van der Waals surface area (Å²) in [6.45, 7) is 1.94. The van der Waals surface area contributed by atoms with Gasteiger partial charge in [0.25, 0.3) is 5.91 Å². The topological polar surface area (TPSA) is 46.9 Å². The molecule has 0 spiro atoms. The summed E-state index contributed by atoms with van der Waals surface area (Å²) < 4.78 is 41.7. The number of alkyl halides is 3. The Kier molecular flexibility index (Phi) is 5.23.